The monoisotopic (exact) mass is 309 g/mol. The average molecular weight is 309 g/mol. The van der Waals surface area contributed by atoms with Crippen molar-refractivity contribution in [3.63, 3.8) is 0 Å². The van der Waals surface area contributed by atoms with E-state index in [0.29, 0.717) is 11.6 Å². The fourth-order valence-electron chi connectivity index (χ4n) is 3.00. The van der Waals surface area contributed by atoms with Gasteiger partial charge in [0.15, 0.2) is 0 Å². The summed E-state index contributed by atoms with van der Waals surface area (Å²) in [6.07, 6.45) is 5.38. The number of carbonyl (C=O) groups excluding carboxylic acids is 1. The molecule has 4 heteroatoms. The average Bonchev–Trinajstić information content (AvgIpc) is 2.56. The van der Waals surface area contributed by atoms with Crippen LogP contribution in [0.5, 0.6) is 0 Å². The molecule has 1 saturated heterocycles. The van der Waals surface area contributed by atoms with Crippen molar-refractivity contribution in [1.29, 1.82) is 0 Å². The van der Waals surface area contributed by atoms with E-state index in [4.69, 9.17) is 0 Å². The Bertz CT molecular complexity index is 681. The molecule has 1 aliphatic rings. The van der Waals surface area contributed by atoms with E-state index in [1.54, 1.807) is 12.4 Å². The zero-order valence-electron chi connectivity index (χ0n) is 13.7. The van der Waals surface area contributed by atoms with Crippen LogP contribution < -0.4 is 10.6 Å². The van der Waals surface area contributed by atoms with E-state index >= 15 is 0 Å². The SMILES string of the molecule is Cc1ccc(-c2cncc(C(=O)NC3CCNC(C)C3)c2)cc1. The molecule has 2 unspecified atom stereocenters. The highest BCUT2D eigenvalue weighted by atomic mass is 16.1. The number of pyridine rings is 1. The van der Waals surface area contributed by atoms with Crippen LogP contribution in [0, 0.1) is 6.92 Å². The Labute approximate surface area is 137 Å². The Hall–Kier alpha value is -2.20. The zero-order valence-corrected chi connectivity index (χ0v) is 13.7. The number of hydrogen-bond donors (Lipinski definition) is 2. The lowest BCUT2D eigenvalue weighted by Gasteiger charge is -2.28. The molecule has 1 amide bonds. The number of rotatable bonds is 3. The maximum absolute atomic E-state index is 12.5. The van der Waals surface area contributed by atoms with Gasteiger partial charge in [-0.1, -0.05) is 29.8 Å². The fourth-order valence-corrected chi connectivity index (χ4v) is 3.00. The number of nitrogens with zero attached hydrogens (tertiary/aromatic N) is 1. The number of carbonyl (C=O) groups is 1. The first-order valence-corrected chi connectivity index (χ1v) is 8.18. The number of aromatic nitrogens is 1. The van der Waals surface area contributed by atoms with Crippen molar-refractivity contribution in [2.45, 2.75) is 38.8 Å². The van der Waals surface area contributed by atoms with Crippen molar-refractivity contribution in [3.8, 4) is 11.1 Å². The fraction of sp³-hybridized carbons (Fsp3) is 0.368. The summed E-state index contributed by atoms with van der Waals surface area (Å²) in [7, 11) is 0. The Morgan fingerprint density at radius 2 is 2.00 bits per heavy atom. The van der Waals surface area contributed by atoms with Gasteiger partial charge in [-0.05, 0) is 44.9 Å². The smallest absolute Gasteiger partial charge is 0.253 e. The highest BCUT2D eigenvalue weighted by Gasteiger charge is 2.20. The molecule has 2 N–H and O–H groups in total. The van der Waals surface area contributed by atoms with E-state index in [-0.39, 0.29) is 11.9 Å². The van der Waals surface area contributed by atoms with Crippen molar-refractivity contribution in [1.82, 2.24) is 15.6 Å². The second kappa shape index (κ2) is 6.92. The van der Waals surface area contributed by atoms with E-state index in [2.05, 4.69) is 53.7 Å². The number of aryl methyl sites for hydroxylation is 1. The lowest BCUT2D eigenvalue weighted by molar-refractivity contribution is 0.0925. The van der Waals surface area contributed by atoms with Crippen LogP contribution in [-0.4, -0.2) is 29.5 Å². The third kappa shape index (κ3) is 3.96. The molecular weight excluding hydrogens is 286 g/mol. The van der Waals surface area contributed by atoms with Gasteiger partial charge in [0.25, 0.3) is 5.91 Å². The summed E-state index contributed by atoms with van der Waals surface area (Å²) in [5, 5.41) is 6.53. The second-order valence-electron chi connectivity index (χ2n) is 6.38. The standard InChI is InChI=1S/C19H23N3O/c1-13-3-5-15(6-4-13)16-10-17(12-20-11-16)19(23)22-18-7-8-21-14(2)9-18/h3-6,10-12,14,18,21H,7-9H2,1-2H3,(H,22,23). The van der Waals surface area contributed by atoms with Gasteiger partial charge < -0.3 is 10.6 Å². The normalized spacial score (nSPS) is 21.0. The highest BCUT2D eigenvalue weighted by Crippen LogP contribution is 2.20. The molecule has 2 aromatic rings. The van der Waals surface area contributed by atoms with Gasteiger partial charge in [-0.25, -0.2) is 0 Å². The summed E-state index contributed by atoms with van der Waals surface area (Å²) in [6.45, 7) is 5.16. The number of hydrogen-bond acceptors (Lipinski definition) is 3. The topological polar surface area (TPSA) is 54.0 Å². The molecule has 4 nitrogen and oxygen atoms in total. The van der Waals surface area contributed by atoms with Crippen LogP contribution in [0.3, 0.4) is 0 Å². The lowest BCUT2D eigenvalue weighted by atomic mass is 10.00. The molecule has 0 saturated carbocycles. The molecule has 1 aromatic carbocycles. The van der Waals surface area contributed by atoms with Crippen molar-refractivity contribution < 1.29 is 4.79 Å². The first kappa shape index (κ1) is 15.7. The van der Waals surface area contributed by atoms with E-state index in [9.17, 15) is 4.79 Å². The Morgan fingerprint density at radius 1 is 1.22 bits per heavy atom. The van der Waals surface area contributed by atoms with Gasteiger partial charge in [-0.15, -0.1) is 0 Å². The van der Waals surface area contributed by atoms with Crippen molar-refractivity contribution in [3.05, 3.63) is 53.9 Å². The largest absolute Gasteiger partial charge is 0.349 e. The number of benzene rings is 1. The molecule has 0 aliphatic carbocycles. The summed E-state index contributed by atoms with van der Waals surface area (Å²) in [4.78, 5) is 16.7. The van der Waals surface area contributed by atoms with Gasteiger partial charge >= 0.3 is 0 Å². The van der Waals surface area contributed by atoms with Gasteiger partial charge in [0.2, 0.25) is 0 Å². The summed E-state index contributed by atoms with van der Waals surface area (Å²) < 4.78 is 0. The highest BCUT2D eigenvalue weighted by molar-refractivity contribution is 5.95. The van der Waals surface area contributed by atoms with Crippen LogP contribution in [0.15, 0.2) is 42.7 Å². The van der Waals surface area contributed by atoms with Crippen molar-refractivity contribution in [2.75, 3.05) is 6.54 Å². The minimum absolute atomic E-state index is 0.0365. The maximum atomic E-state index is 12.5. The van der Waals surface area contributed by atoms with Crippen LogP contribution in [0.2, 0.25) is 0 Å². The Kier molecular flexibility index (Phi) is 4.72. The summed E-state index contributed by atoms with van der Waals surface area (Å²) in [5.41, 5.74) is 3.88. The van der Waals surface area contributed by atoms with Crippen molar-refractivity contribution in [2.24, 2.45) is 0 Å². The van der Waals surface area contributed by atoms with E-state index in [1.807, 2.05) is 6.07 Å². The molecule has 2 atom stereocenters. The molecule has 1 fully saturated rings. The van der Waals surface area contributed by atoms with Crippen LogP contribution in [0.25, 0.3) is 11.1 Å². The summed E-state index contributed by atoms with van der Waals surface area (Å²) in [6, 6.07) is 10.9. The van der Waals surface area contributed by atoms with Gasteiger partial charge in [0.05, 0.1) is 5.56 Å². The molecule has 23 heavy (non-hydrogen) atoms. The van der Waals surface area contributed by atoms with Gasteiger partial charge in [-0.2, -0.15) is 0 Å². The summed E-state index contributed by atoms with van der Waals surface area (Å²) >= 11 is 0. The minimum atomic E-state index is -0.0365. The molecule has 1 aliphatic heterocycles. The van der Waals surface area contributed by atoms with Crippen LogP contribution in [0.1, 0.15) is 35.7 Å². The first-order chi connectivity index (χ1) is 11.1. The quantitative estimate of drug-likeness (QED) is 0.916. The molecular formula is C19H23N3O. The zero-order chi connectivity index (χ0) is 16.2. The lowest BCUT2D eigenvalue weighted by Crippen LogP contribution is -2.46. The molecule has 1 aromatic heterocycles. The molecule has 2 heterocycles. The molecule has 120 valence electrons. The first-order valence-electron chi connectivity index (χ1n) is 8.18. The molecule has 0 spiro atoms. The number of nitrogens with one attached hydrogen (secondary N) is 2. The molecule has 0 radical (unpaired) electrons. The van der Waals surface area contributed by atoms with Crippen LogP contribution in [-0.2, 0) is 0 Å². The Balaban J connectivity index is 1.73. The van der Waals surface area contributed by atoms with Gasteiger partial charge in [0, 0.05) is 30.0 Å². The number of piperidine rings is 1. The van der Waals surface area contributed by atoms with E-state index in [0.717, 1.165) is 30.5 Å². The van der Waals surface area contributed by atoms with Gasteiger partial charge in [0.1, 0.15) is 0 Å². The number of amides is 1. The maximum Gasteiger partial charge on any atom is 0.253 e. The third-order valence-corrected chi connectivity index (χ3v) is 4.34. The third-order valence-electron chi connectivity index (χ3n) is 4.34. The predicted octanol–water partition coefficient (Wildman–Crippen LogP) is 2.93. The summed E-state index contributed by atoms with van der Waals surface area (Å²) in [5.74, 6) is -0.0365. The van der Waals surface area contributed by atoms with Crippen LogP contribution >= 0.6 is 0 Å². The van der Waals surface area contributed by atoms with Gasteiger partial charge in [-0.3, -0.25) is 9.78 Å². The van der Waals surface area contributed by atoms with Crippen molar-refractivity contribution >= 4 is 5.91 Å². The minimum Gasteiger partial charge on any atom is -0.349 e. The Morgan fingerprint density at radius 3 is 2.74 bits per heavy atom. The molecule has 0 bridgehead atoms. The second-order valence-corrected chi connectivity index (χ2v) is 6.38. The molecule has 3 rings (SSSR count). The van der Waals surface area contributed by atoms with Crippen LogP contribution in [0.4, 0.5) is 0 Å². The predicted molar refractivity (Wildman–Crippen MR) is 92.4 cm³/mol. The van der Waals surface area contributed by atoms with E-state index < -0.39 is 0 Å². The van der Waals surface area contributed by atoms with E-state index in [1.165, 1.54) is 5.56 Å².